The molecule has 1 fully saturated rings. The van der Waals surface area contributed by atoms with Gasteiger partial charge in [-0.15, -0.1) is 0 Å². The van der Waals surface area contributed by atoms with E-state index in [9.17, 15) is 0 Å². The Morgan fingerprint density at radius 2 is 1.67 bits per heavy atom. The Kier molecular flexibility index (Phi) is 2.91. The SMILES string of the molecule is Cn1cc(C(C)(C)B2OC(C)(C)C(C)(C)O2)cn1. The van der Waals surface area contributed by atoms with Gasteiger partial charge in [0.1, 0.15) is 0 Å². The molecular weight excluding hydrogens is 227 g/mol. The van der Waals surface area contributed by atoms with Crippen molar-refractivity contribution < 1.29 is 9.31 Å². The maximum Gasteiger partial charge on any atom is 0.468 e. The lowest BCUT2D eigenvalue weighted by atomic mass is 9.57. The smallest absolute Gasteiger partial charge is 0.403 e. The molecule has 0 aliphatic carbocycles. The molecule has 1 aliphatic heterocycles. The summed E-state index contributed by atoms with van der Waals surface area (Å²) in [5.74, 6) is 0. The number of hydrogen-bond donors (Lipinski definition) is 0. The highest BCUT2D eigenvalue weighted by Crippen LogP contribution is 2.42. The van der Waals surface area contributed by atoms with Gasteiger partial charge in [-0.1, -0.05) is 13.8 Å². The lowest BCUT2D eigenvalue weighted by Crippen LogP contribution is -2.41. The Hall–Kier alpha value is -0.805. The predicted octanol–water partition coefficient (Wildman–Crippen LogP) is 2.33. The van der Waals surface area contributed by atoms with Crippen molar-refractivity contribution >= 4 is 7.12 Å². The van der Waals surface area contributed by atoms with Crippen molar-refractivity contribution in [3.8, 4) is 0 Å². The van der Waals surface area contributed by atoms with E-state index in [-0.39, 0.29) is 23.6 Å². The summed E-state index contributed by atoms with van der Waals surface area (Å²) in [6, 6.07) is 0. The van der Waals surface area contributed by atoms with Gasteiger partial charge in [0.15, 0.2) is 0 Å². The summed E-state index contributed by atoms with van der Waals surface area (Å²) in [6.07, 6.45) is 3.90. The minimum atomic E-state index is -0.294. The van der Waals surface area contributed by atoms with Gasteiger partial charge in [0, 0.05) is 18.6 Å². The third kappa shape index (κ3) is 1.99. The molecule has 18 heavy (non-hydrogen) atoms. The third-order valence-electron chi connectivity index (χ3n) is 4.29. The van der Waals surface area contributed by atoms with E-state index in [0.717, 1.165) is 5.56 Å². The van der Waals surface area contributed by atoms with Crippen LogP contribution in [0.5, 0.6) is 0 Å². The van der Waals surface area contributed by atoms with Gasteiger partial charge in [-0.25, -0.2) is 0 Å². The van der Waals surface area contributed by atoms with Gasteiger partial charge in [0.25, 0.3) is 0 Å². The van der Waals surface area contributed by atoms with Gasteiger partial charge in [-0.3, -0.25) is 4.68 Å². The summed E-state index contributed by atoms with van der Waals surface area (Å²) in [6.45, 7) is 12.6. The zero-order valence-corrected chi connectivity index (χ0v) is 12.4. The first-order valence-corrected chi connectivity index (χ1v) is 6.41. The Bertz CT molecular complexity index is 436. The maximum atomic E-state index is 6.13. The highest BCUT2D eigenvalue weighted by atomic mass is 16.7. The lowest BCUT2D eigenvalue weighted by Gasteiger charge is -2.32. The van der Waals surface area contributed by atoms with E-state index in [1.807, 2.05) is 24.1 Å². The van der Waals surface area contributed by atoms with Crippen LogP contribution >= 0.6 is 0 Å². The summed E-state index contributed by atoms with van der Waals surface area (Å²) in [5, 5.41) is 4.01. The van der Waals surface area contributed by atoms with Gasteiger partial charge in [-0.05, 0) is 33.3 Å². The minimum Gasteiger partial charge on any atom is -0.403 e. The molecule has 1 aromatic rings. The van der Waals surface area contributed by atoms with E-state index in [1.54, 1.807) is 0 Å². The van der Waals surface area contributed by atoms with Crippen LogP contribution in [0.1, 0.15) is 47.1 Å². The van der Waals surface area contributed by atoms with Crippen LogP contribution in [0, 0.1) is 0 Å². The van der Waals surface area contributed by atoms with E-state index in [4.69, 9.17) is 9.31 Å². The van der Waals surface area contributed by atoms with Gasteiger partial charge >= 0.3 is 7.12 Å². The van der Waals surface area contributed by atoms with E-state index >= 15 is 0 Å². The van der Waals surface area contributed by atoms with Crippen LogP contribution in [-0.2, 0) is 21.7 Å². The molecule has 0 radical (unpaired) electrons. The Labute approximate surface area is 110 Å². The lowest BCUT2D eigenvalue weighted by molar-refractivity contribution is 0.00578. The number of aryl methyl sites for hydroxylation is 1. The van der Waals surface area contributed by atoms with E-state index < -0.39 is 0 Å². The normalized spacial score (nSPS) is 22.5. The molecule has 0 unspecified atom stereocenters. The Balaban J connectivity index is 2.28. The average molecular weight is 250 g/mol. The molecule has 0 aromatic carbocycles. The number of rotatable bonds is 2. The van der Waals surface area contributed by atoms with Gasteiger partial charge in [-0.2, -0.15) is 5.10 Å². The first kappa shape index (κ1) is 13.6. The molecule has 1 aliphatic rings. The van der Waals surface area contributed by atoms with Crippen molar-refractivity contribution in [1.82, 2.24) is 9.78 Å². The van der Waals surface area contributed by atoms with Crippen LogP contribution in [0.25, 0.3) is 0 Å². The molecule has 5 heteroatoms. The number of hydrogen-bond acceptors (Lipinski definition) is 3. The highest BCUT2D eigenvalue weighted by molar-refractivity contribution is 6.49. The molecule has 0 spiro atoms. The van der Waals surface area contributed by atoms with Crippen LogP contribution in [0.15, 0.2) is 12.4 Å². The van der Waals surface area contributed by atoms with Crippen LogP contribution in [0.4, 0.5) is 0 Å². The molecule has 0 atom stereocenters. The van der Waals surface area contributed by atoms with Crippen molar-refractivity contribution in [2.24, 2.45) is 7.05 Å². The van der Waals surface area contributed by atoms with Gasteiger partial charge in [0.05, 0.1) is 17.4 Å². The predicted molar refractivity (Wildman–Crippen MR) is 72.3 cm³/mol. The molecule has 1 aromatic heterocycles. The average Bonchev–Trinajstić information content (AvgIpc) is 2.70. The molecule has 1 saturated heterocycles. The molecular formula is C13H23BN2O2. The fourth-order valence-electron chi connectivity index (χ4n) is 2.03. The molecule has 100 valence electrons. The highest BCUT2D eigenvalue weighted by Gasteiger charge is 2.57. The fourth-order valence-corrected chi connectivity index (χ4v) is 2.03. The molecule has 2 heterocycles. The standard InChI is InChI=1S/C13H23BN2O2/c1-11(2,10-8-15-16(7)9-10)14-17-12(3,4)13(5,6)18-14/h8-9H,1-7H3. The quantitative estimate of drug-likeness (QED) is 0.756. The fraction of sp³-hybridized carbons (Fsp3) is 0.769. The van der Waals surface area contributed by atoms with Crippen LogP contribution in [-0.4, -0.2) is 28.1 Å². The second kappa shape index (κ2) is 3.84. The molecule has 0 bridgehead atoms. The van der Waals surface area contributed by atoms with Crippen molar-refractivity contribution in [3.05, 3.63) is 18.0 Å². The van der Waals surface area contributed by atoms with Crippen molar-refractivity contribution in [3.63, 3.8) is 0 Å². The monoisotopic (exact) mass is 250 g/mol. The summed E-state index contributed by atoms with van der Waals surface area (Å²) < 4.78 is 14.1. The van der Waals surface area contributed by atoms with E-state index in [1.165, 1.54) is 0 Å². The van der Waals surface area contributed by atoms with Gasteiger partial charge < -0.3 is 9.31 Å². The summed E-state index contributed by atoms with van der Waals surface area (Å²) in [4.78, 5) is 0. The summed E-state index contributed by atoms with van der Waals surface area (Å²) >= 11 is 0. The molecule has 0 amide bonds. The molecule has 4 nitrogen and oxygen atoms in total. The zero-order valence-electron chi connectivity index (χ0n) is 12.4. The second-order valence-electron chi connectivity index (χ2n) is 6.71. The first-order chi connectivity index (χ1) is 8.06. The van der Waals surface area contributed by atoms with Crippen LogP contribution < -0.4 is 0 Å². The molecule has 2 rings (SSSR count). The maximum absolute atomic E-state index is 6.13. The van der Waals surface area contributed by atoms with Crippen LogP contribution in [0.2, 0.25) is 0 Å². The van der Waals surface area contributed by atoms with Crippen molar-refractivity contribution in [2.45, 2.75) is 58.1 Å². The topological polar surface area (TPSA) is 36.3 Å². The van der Waals surface area contributed by atoms with Crippen molar-refractivity contribution in [1.29, 1.82) is 0 Å². The molecule has 0 N–H and O–H groups in total. The molecule has 0 saturated carbocycles. The van der Waals surface area contributed by atoms with E-state index in [2.05, 4.69) is 46.6 Å². The number of nitrogens with zero attached hydrogens (tertiary/aromatic N) is 2. The Morgan fingerprint density at radius 3 is 2.06 bits per heavy atom. The first-order valence-electron chi connectivity index (χ1n) is 6.41. The summed E-state index contributed by atoms with van der Waals surface area (Å²) in [5.41, 5.74) is 0.539. The van der Waals surface area contributed by atoms with E-state index in [0.29, 0.717) is 0 Å². The minimum absolute atomic E-state index is 0.223. The largest absolute Gasteiger partial charge is 0.468 e. The van der Waals surface area contributed by atoms with Crippen LogP contribution in [0.3, 0.4) is 0 Å². The van der Waals surface area contributed by atoms with Gasteiger partial charge in [0.2, 0.25) is 0 Å². The zero-order chi connectivity index (χ0) is 13.8. The third-order valence-corrected chi connectivity index (χ3v) is 4.29. The second-order valence-corrected chi connectivity index (χ2v) is 6.71. The van der Waals surface area contributed by atoms with Crippen molar-refractivity contribution in [2.75, 3.05) is 0 Å². The Morgan fingerprint density at radius 1 is 1.17 bits per heavy atom. The summed E-state index contributed by atoms with van der Waals surface area (Å²) in [7, 11) is 1.66. The number of aromatic nitrogens is 2.